The van der Waals surface area contributed by atoms with Crippen molar-refractivity contribution >= 4 is 46.3 Å². The number of carbonyl (C=O) groups excluding carboxylic acids is 2. The number of hydrogen-bond donors (Lipinski definition) is 1. The number of aryl methyl sites for hydroxylation is 1. The molecule has 4 rings (SSSR count). The van der Waals surface area contributed by atoms with Gasteiger partial charge in [0, 0.05) is 5.69 Å². The molecule has 1 aliphatic heterocycles. The number of ketones is 1. The molecule has 0 radical (unpaired) electrons. The zero-order valence-corrected chi connectivity index (χ0v) is 20.1. The van der Waals surface area contributed by atoms with Crippen LogP contribution < -0.4 is 14.4 Å². The van der Waals surface area contributed by atoms with Crippen LogP contribution in [0.25, 0.3) is 5.76 Å². The number of methoxy groups -OCH3 is 2. The molecule has 3 aromatic carbocycles. The fourth-order valence-corrected chi connectivity index (χ4v) is 4.85. The third-order valence-electron chi connectivity index (χ3n) is 5.76. The van der Waals surface area contributed by atoms with Gasteiger partial charge in [0.05, 0.1) is 36.4 Å². The van der Waals surface area contributed by atoms with Crippen LogP contribution >= 0.6 is 23.2 Å². The van der Waals surface area contributed by atoms with E-state index < -0.39 is 23.5 Å². The van der Waals surface area contributed by atoms with Gasteiger partial charge in [0.2, 0.25) is 0 Å². The topological polar surface area (TPSA) is 76.1 Å². The second kappa shape index (κ2) is 9.41. The summed E-state index contributed by atoms with van der Waals surface area (Å²) in [5.74, 6) is -1.81. The molecule has 1 heterocycles. The maximum Gasteiger partial charge on any atom is 0.300 e. The molecule has 1 atom stereocenters. The van der Waals surface area contributed by atoms with Crippen molar-refractivity contribution < 1.29 is 24.2 Å². The summed E-state index contributed by atoms with van der Waals surface area (Å²) < 4.78 is 10.6. The Morgan fingerprint density at radius 2 is 1.56 bits per heavy atom. The Bertz CT molecular complexity index is 1320. The SMILES string of the molecule is COc1c(Cl)cc(/C(O)=C2\C(=O)C(=O)N(c3ccccc3)C2c2ccccc2C)c(OC)c1Cl. The van der Waals surface area contributed by atoms with Crippen LogP contribution in [-0.2, 0) is 9.59 Å². The molecule has 3 aromatic rings. The van der Waals surface area contributed by atoms with E-state index >= 15 is 0 Å². The summed E-state index contributed by atoms with van der Waals surface area (Å²) in [5.41, 5.74) is 2.03. The second-order valence-corrected chi connectivity index (χ2v) is 8.43. The van der Waals surface area contributed by atoms with E-state index in [1.807, 2.05) is 37.3 Å². The summed E-state index contributed by atoms with van der Waals surface area (Å²) in [6.45, 7) is 1.88. The lowest BCUT2D eigenvalue weighted by Crippen LogP contribution is -2.29. The minimum absolute atomic E-state index is 0.0313. The number of anilines is 1. The van der Waals surface area contributed by atoms with Gasteiger partial charge in [0.1, 0.15) is 10.8 Å². The van der Waals surface area contributed by atoms with E-state index in [2.05, 4.69) is 0 Å². The molecule has 174 valence electrons. The van der Waals surface area contributed by atoms with E-state index in [-0.39, 0.29) is 32.7 Å². The number of benzene rings is 3. The van der Waals surface area contributed by atoms with E-state index in [9.17, 15) is 14.7 Å². The lowest BCUT2D eigenvalue weighted by atomic mass is 9.92. The molecule has 6 nitrogen and oxygen atoms in total. The third kappa shape index (κ3) is 3.79. The monoisotopic (exact) mass is 497 g/mol. The Balaban J connectivity index is 2.04. The van der Waals surface area contributed by atoms with Crippen molar-refractivity contribution in [2.24, 2.45) is 0 Å². The van der Waals surface area contributed by atoms with Gasteiger partial charge in [0.25, 0.3) is 11.7 Å². The number of aliphatic hydroxyl groups is 1. The first-order valence-corrected chi connectivity index (χ1v) is 11.1. The molecule has 1 aliphatic rings. The number of ether oxygens (including phenoxy) is 2. The minimum Gasteiger partial charge on any atom is -0.507 e. The molecule has 1 saturated heterocycles. The Kier molecular flexibility index (Phi) is 6.55. The van der Waals surface area contributed by atoms with E-state index in [0.29, 0.717) is 11.3 Å². The predicted molar refractivity (Wildman–Crippen MR) is 132 cm³/mol. The summed E-state index contributed by atoms with van der Waals surface area (Å²) in [4.78, 5) is 28.0. The third-order valence-corrected chi connectivity index (χ3v) is 6.38. The molecule has 0 saturated carbocycles. The summed E-state index contributed by atoms with van der Waals surface area (Å²) in [6.07, 6.45) is 0. The molecule has 0 bridgehead atoms. The minimum atomic E-state index is -0.882. The van der Waals surface area contributed by atoms with Crippen LogP contribution in [0.3, 0.4) is 0 Å². The number of amides is 1. The molecule has 1 unspecified atom stereocenters. The van der Waals surface area contributed by atoms with E-state index in [1.54, 1.807) is 24.3 Å². The van der Waals surface area contributed by atoms with Crippen molar-refractivity contribution in [3.05, 3.63) is 93.0 Å². The van der Waals surface area contributed by atoms with Crippen molar-refractivity contribution in [2.75, 3.05) is 19.1 Å². The highest BCUT2D eigenvalue weighted by atomic mass is 35.5. The molecule has 0 aromatic heterocycles. The molecule has 34 heavy (non-hydrogen) atoms. The highest BCUT2D eigenvalue weighted by Crippen LogP contribution is 2.48. The summed E-state index contributed by atoms with van der Waals surface area (Å²) in [7, 11) is 2.77. The Labute approximate surface area is 206 Å². The zero-order chi connectivity index (χ0) is 24.6. The normalized spacial score (nSPS) is 17.2. The van der Waals surface area contributed by atoms with Crippen molar-refractivity contribution in [3.63, 3.8) is 0 Å². The lowest BCUT2D eigenvalue weighted by Gasteiger charge is -2.26. The number of para-hydroxylation sites is 1. The van der Waals surface area contributed by atoms with E-state index in [4.69, 9.17) is 32.7 Å². The highest BCUT2D eigenvalue weighted by molar-refractivity contribution is 6.52. The van der Waals surface area contributed by atoms with Gasteiger partial charge in [0.15, 0.2) is 11.5 Å². The summed E-state index contributed by atoms with van der Waals surface area (Å²) in [6, 6.07) is 16.7. The number of halogens is 2. The van der Waals surface area contributed by atoms with Gasteiger partial charge in [-0.25, -0.2) is 0 Å². The molecular weight excluding hydrogens is 477 g/mol. The summed E-state index contributed by atoms with van der Waals surface area (Å²) in [5, 5.41) is 11.6. The quantitative estimate of drug-likeness (QED) is 0.268. The van der Waals surface area contributed by atoms with Crippen LogP contribution in [0.15, 0.2) is 66.2 Å². The molecule has 0 spiro atoms. The first-order valence-electron chi connectivity index (χ1n) is 10.3. The first-order chi connectivity index (χ1) is 16.3. The Morgan fingerprint density at radius 1 is 0.941 bits per heavy atom. The second-order valence-electron chi connectivity index (χ2n) is 7.65. The van der Waals surface area contributed by atoms with Crippen molar-refractivity contribution in [1.82, 2.24) is 0 Å². The lowest BCUT2D eigenvalue weighted by molar-refractivity contribution is -0.132. The average Bonchev–Trinajstić information content (AvgIpc) is 3.09. The van der Waals surface area contributed by atoms with Gasteiger partial charge in [-0.3, -0.25) is 14.5 Å². The molecule has 1 N–H and O–H groups in total. The number of nitrogens with zero attached hydrogens (tertiary/aromatic N) is 1. The maximum atomic E-state index is 13.4. The van der Waals surface area contributed by atoms with Gasteiger partial charge >= 0.3 is 0 Å². The van der Waals surface area contributed by atoms with Gasteiger partial charge < -0.3 is 14.6 Å². The van der Waals surface area contributed by atoms with E-state index in [1.165, 1.54) is 25.2 Å². The van der Waals surface area contributed by atoms with E-state index in [0.717, 1.165) is 5.56 Å². The molecule has 1 amide bonds. The van der Waals surface area contributed by atoms with Gasteiger partial charge in [-0.05, 0) is 36.2 Å². The van der Waals surface area contributed by atoms with Crippen LogP contribution in [0.2, 0.25) is 10.0 Å². The van der Waals surface area contributed by atoms with Crippen molar-refractivity contribution in [1.29, 1.82) is 0 Å². The molecule has 8 heteroatoms. The molecular formula is C26H21Cl2NO5. The van der Waals surface area contributed by atoms with Gasteiger partial charge in [-0.15, -0.1) is 0 Å². The maximum absolute atomic E-state index is 13.4. The number of rotatable bonds is 5. The van der Waals surface area contributed by atoms with Crippen LogP contribution in [0.1, 0.15) is 22.7 Å². The smallest absolute Gasteiger partial charge is 0.300 e. The number of carbonyl (C=O) groups is 2. The summed E-state index contributed by atoms with van der Waals surface area (Å²) >= 11 is 12.7. The molecule has 0 aliphatic carbocycles. The van der Waals surface area contributed by atoms with Crippen LogP contribution in [-0.4, -0.2) is 31.0 Å². The van der Waals surface area contributed by atoms with Crippen molar-refractivity contribution in [2.45, 2.75) is 13.0 Å². The zero-order valence-electron chi connectivity index (χ0n) is 18.6. The van der Waals surface area contributed by atoms with Gasteiger partial charge in [-0.2, -0.15) is 0 Å². The highest BCUT2D eigenvalue weighted by Gasteiger charge is 2.47. The molecule has 1 fully saturated rings. The van der Waals surface area contributed by atoms with Crippen molar-refractivity contribution in [3.8, 4) is 11.5 Å². The number of aliphatic hydroxyl groups excluding tert-OH is 1. The number of Topliss-reactive ketones (excluding diaryl/α,β-unsaturated/α-hetero) is 1. The van der Waals surface area contributed by atoms with Crippen LogP contribution in [0, 0.1) is 6.92 Å². The number of hydrogen-bond acceptors (Lipinski definition) is 5. The fraction of sp³-hybridized carbons (Fsp3) is 0.154. The standard InChI is InChI=1S/C26H21Cl2NO5/c1-14-9-7-8-12-16(14)21-19(23(31)26(32)29(21)15-10-5-4-6-11-15)22(30)17-13-18(27)25(34-3)20(28)24(17)33-2/h4-13,21,30H,1-3H3/b22-19+. The Morgan fingerprint density at radius 3 is 2.18 bits per heavy atom. The van der Waals surface area contributed by atoms with Crippen LogP contribution in [0.4, 0.5) is 5.69 Å². The largest absolute Gasteiger partial charge is 0.507 e. The Hall–Kier alpha value is -3.48. The first kappa shape index (κ1) is 23.7. The van der Waals surface area contributed by atoms with Crippen LogP contribution in [0.5, 0.6) is 11.5 Å². The fourth-order valence-electron chi connectivity index (χ4n) is 4.17. The predicted octanol–water partition coefficient (Wildman–Crippen LogP) is 5.95. The average molecular weight is 498 g/mol. The van der Waals surface area contributed by atoms with Gasteiger partial charge in [-0.1, -0.05) is 65.7 Å².